The molecule has 3 nitrogen and oxygen atoms in total. The van der Waals surface area contributed by atoms with E-state index in [2.05, 4.69) is 59.3 Å². The fourth-order valence-electron chi connectivity index (χ4n) is 2.74. The van der Waals surface area contributed by atoms with Gasteiger partial charge in [-0.2, -0.15) is 0 Å². The number of rotatable bonds is 4. The number of nitrogens with zero attached hydrogens (tertiary/aromatic N) is 2. The number of benzene rings is 2. The highest BCUT2D eigenvalue weighted by Crippen LogP contribution is 2.33. The first-order valence-corrected chi connectivity index (χ1v) is 7.23. The van der Waals surface area contributed by atoms with Crippen molar-refractivity contribution in [2.24, 2.45) is 5.73 Å². The van der Waals surface area contributed by atoms with Crippen molar-refractivity contribution in [2.45, 2.75) is 13.5 Å². The van der Waals surface area contributed by atoms with Crippen molar-refractivity contribution in [1.29, 1.82) is 0 Å². The molecule has 0 saturated carbocycles. The molecular formula is C18H19N3. The summed E-state index contributed by atoms with van der Waals surface area (Å²) in [5.74, 6) is 0. The van der Waals surface area contributed by atoms with Crippen molar-refractivity contribution in [3.05, 3.63) is 66.5 Å². The van der Waals surface area contributed by atoms with Crippen LogP contribution in [0.5, 0.6) is 0 Å². The number of anilines is 2. The van der Waals surface area contributed by atoms with Crippen molar-refractivity contribution < 1.29 is 0 Å². The SMILES string of the molecule is CCN(c1cnccc1CN)c1cccc2ccccc12. The van der Waals surface area contributed by atoms with Crippen molar-refractivity contribution in [3.8, 4) is 0 Å². The van der Waals surface area contributed by atoms with Crippen LogP contribution in [0.25, 0.3) is 10.8 Å². The van der Waals surface area contributed by atoms with Crippen LogP contribution in [0.2, 0.25) is 0 Å². The second kappa shape index (κ2) is 5.94. The molecule has 0 aliphatic rings. The van der Waals surface area contributed by atoms with Crippen molar-refractivity contribution in [2.75, 3.05) is 11.4 Å². The first-order chi connectivity index (χ1) is 10.3. The molecule has 3 rings (SSSR count). The summed E-state index contributed by atoms with van der Waals surface area (Å²) >= 11 is 0. The average Bonchev–Trinajstić information content (AvgIpc) is 2.56. The first-order valence-electron chi connectivity index (χ1n) is 7.23. The van der Waals surface area contributed by atoms with Gasteiger partial charge in [0.25, 0.3) is 0 Å². The smallest absolute Gasteiger partial charge is 0.0642 e. The van der Waals surface area contributed by atoms with E-state index in [1.54, 1.807) is 6.20 Å². The molecule has 2 aromatic carbocycles. The molecule has 21 heavy (non-hydrogen) atoms. The van der Waals surface area contributed by atoms with Gasteiger partial charge in [0, 0.05) is 30.4 Å². The third-order valence-electron chi connectivity index (χ3n) is 3.77. The largest absolute Gasteiger partial charge is 0.340 e. The molecule has 0 aliphatic heterocycles. The lowest BCUT2D eigenvalue weighted by Gasteiger charge is -2.26. The van der Waals surface area contributed by atoms with Crippen LogP contribution in [0.3, 0.4) is 0 Å². The molecule has 0 saturated heterocycles. The van der Waals surface area contributed by atoms with E-state index in [1.165, 1.54) is 16.5 Å². The molecule has 0 atom stereocenters. The molecule has 0 amide bonds. The molecule has 0 unspecified atom stereocenters. The lowest BCUT2D eigenvalue weighted by atomic mass is 10.1. The molecule has 3 aromatic rings. The Morgan fingerprint density at radius 1 is 1.00 bits per heavy atom. The van der Waals surface area contributed by atoms with E-state index in [0.717, 1.165) is 17.8 Å². The minimum absolute atomic E-state index is 0.513. The van der Waals surface area contributed by atoms with Gasteiger partial charge in [0.15, 0.2) is 0 Å². The van der Waals surface area contributed by atoms with E-state index in [-0.39, 0.29) is 0 Å². The Hall–Kier alpha value is -2.39. The van der Waals surface area contributed by atoms with Gasteiger partial charge in [-0.3, -0.25) is 4.98 Å². The molecule has 1 aromatic heterocycles. The average molecular weight is 277 g/mol. The topological polar surface area (TPSA) is 42.2 Å². The summed E-state index contributed by atoms with van der Waals surface area (Å²) < 4.78 is 0. The Balaban J connectivity index is 2.19. The third-order valence-corrected chi connectivity index (χ3v) is 3.77. The zero-order chi connectivity index (χ0) is 14.7. The highest BCUT2D eigenvalue weighted by atomic mass is 15.1. The highest BCUT2D eigenvalue weighted by molar-refractivity contribution is 5.96. The zero-order valence-electron chi connectivity index (χ0n) is 12.2. The van der Waals surface area contributed by atoms with E-state index in [1.807, 2.05) is 12.3 Å². The van der Waals surface area contributed by atoms with E-state index < -0.39 is 0 Å². The maximum atomic E-state index is 5.88. The van der Waals surface area contributed by atoms with Crippen LogP contribution < -0.4 is 10.6 Å². The Morgan fingerprint density at radius 3 is 2.62 bits per heavy atom. The summed E-state index contributed by atoms with van der Waals surface area (Å²) in [7, 11) is 0. The van der Waals surface area contributed by atoms with Gasteiger partial charge in [-0.05, 0) is 30.0 Å². The molecular weight excluding hydrogens is 258 g/mol. The van der Waals surface area contributed by atoms with Gasteiger partial charge in [0.1, 0.15) is 0 Å². The summed E-state index contributed by atoms with van der Waals surface area (Å²) in [5.41, 5.74) is 9.27. The summed E-state index contributed by atoms with van der Waals surface area (Å²) in [4.78, 5) is 6.55. The molecule has 106 valence electrons. The van der Waals surface area contributed by atoms with Crippen LogP contribution in [0.4, 0.5) is 11.4 Å². The van der Waals surface area contributed by atoms with Crippen LogP contribution in [0.1, 0.15) is 12.5 Å². The summed E-state index contributed by atoms with van der Waals surface area (Å²) in [6, 6.07) is 16.8. The van der Waals surface area contributed by atoms with Gasteiger partial charge in [-0.1, -0.05) is 36.4 Å². The molecule has 0 fully saturated rings. The maximum Gasteiger partial charge on any atom is 0.0642 e. The number of fused-ring (bicyclic) bond motifs is 1. The lowest BCUT2D eigenvalue weighted by Crippen LogP contribution is -2.19. The van der Waals surface area contributed by atoms with E-state index in [9.17, 15) is 0 Å². The van der Waals surface area contributed by atoms with Gasteiger partial charge >= 0.3 is 0 Å². The van der Waals surface area contributed by atoms with Gasteiger partial charge in [-0.25, -0.2) is 0 Å². The summed E-state index contributed by atoms with van der Waals surface area (Å²) in [6.07, 6.45) is 3.69. The van der Waals surface area contributed by atoms with Crippen molar-refractivity contribution >= 4 is 22.1 Å². The fourth-order valence-corrected chi connectivity index (χ4v) is 2.74. The number of pyridine rings is 1. The minimum atomic E-state index is 0.513. The molecule has 0 radical (unpaired) electrons. The van der Waals surface area contributed by atoms with Crippen LogP contribution in [-0.4, -0.2) is 11.5 Å². The Kier molecular flexibility index (Phi) is 3.84. The predicted octanol–water partition coefficient (Wildman–Crippen LogP) is 3.85. The van der Waals surface area contributed by atoms with Gasteiger partial charge in [0.2, 0.25) is 0 Å². The maximum absolute atomic E-state index is 5.88. The second-order valence-electron chi connectivity index (χ2n) is 4.95. The van der Waals surface area contributed by atoms with E-state index >= 15 is 0 Å². The molecule has 0 aliphatic carbocycles. The number of hydrogen-bond donors (Lipinski definition) is 1. The quantitative estimate of drug-likeness (QED) is 0.787. The Morgan fingerprint density at radius 2 is 1.81 bits per heavy atom. The molecule has 1 heterocycles. The Labute approximate surface area is 125 Å². The first kappa shape index (κ1) is 13.6. The summed E-state index contributed by atoms with van der Waals surface area (Å²) in [6.45, 7) is 3.53. The zero-order valence-corrected chi connectivity index (χ0v) is 12.2. The highest BCUT2D eigenvalue weighted by Gasteiger charge is 2.13. The number of nitrogens with two attached hydrogens (primary N) is 1. The number of aromatic nitrogens is 1. The van der Waals surface area contributed by atoms with Crippen molar-refractivity contribution in [1.82, 2.24) is 4.98 Å². The van der Waals surface area contributed by atoms with Crippen LogP contribution >= 0.6 is 0 Å². The number of hydrogen-bond acceptors (Lipinski definition) is 3. The molecule has 0 bridgehead atoms. The molecule has 0 spiro atoms. The van der Waals surface area contributed by atoms with Crippen LogP contribution in [-0.2, 0) is 6.54 Å². The second-order valence-corrected chi connectivity index (χ2v) is 4.95. The van der Waals surface area contributed by atoms with Gasteiger partial charge in [-0.15, -0.1) is 0 Å². The van der Waals surface area contributed by atoms with Gasteiger partial charge < -0.3 is 10.6 Å². The molecule has 3 heteroatoms. The Bertz CT molecular complexity index is 747. The molecule has 2 N–H and O–H groups in total. The van der Waals surface area contributed by atoms with Crippen molar-refractivity contribution in [3.63, 3.8) is 0 Å². The fraction of sp³-hybridized carbons (Fsp3) is 0.167. The predicted molar refractivity (Wildman–Crippen MR) is 88.8 cm³/mol. The minimum Gasteiger partial charge on any atom is -0.340 e. The standard InChI is InChI=1S/C18H19N3/c1-2-21(18-13-20-11-10-15(18)12-19)17-9-5-7-14-6-3-4-8-16(14)17/h3-11,13H,2,12,19H2,1H3. The lowest BCUT2D eigenvalue weighted by molar-refractivity contribution is 0.976. The van der Waals surface area contributed by atoms with E-state index in [0.29, 0.717) is 6.54 Å². The third kappa shape index (κ3) is 2.48. The van der Waals surface area contributed by atoms with E-state index in [4.69, 9.17) is 5.73 Å². The monoisotopic (exact) mass is 277 g/mol. The van der Waals surface area contributed by atoms with Crippen LogP contribution in [0, 0.1) is 0 Å². The summed E-state index contributed by atoms with van der Waals surface area (Å²) in [5, 5.41) is 2.49. The normalized spacial score (nSPS) is 10.8. The van der Waals surface area contributed by atoms with Gasteiger partial charge in [0.05, 0.1) is 11.9 Å². The van der Waals surface area contributed by atoms with Crippen LogP contribution in [0.15, 0.2) is 60.9 Å².